The van der Waals surface area contributed by atoms with E-state index >= 15 is 0 Å². The van der Waals surface area contributed by atoms with Gasteiger partial charge in [0.25, 0.3) is 0 Å². The van der Waals surface area contributed by atoms with Crippen LogP contribution in [0.15, 0.2) is 5.10 Å². The minimum absolute atomic E-state index is 0.0212. The summed E-state index contributed by atoms with van der Waals surface area (Å²) in [5.41, 5.74) is 3.59. The average Bonchev–Trinajstić information content (AvgIpc) is 2.13. The van der Waals surface area contributed by atoms with Crippen molar-refractivity contribution in [1.29, 1.82) is 0 Å². The lowest BCUT2D eigenvalue weighted by molar-refractivity contribution is -0.0252. The first kappa shape index (κ1) is 15.3. The Morgan fingerprint density at radius 1 is 0.889 bits per heavy atom. The van der Waals surface area contributed by atoms with Gasteiger partial charge in [-0.3, -0.25) is 5.01 Å². The number of nitrogens with zero attached hydrogens (tertiary/aromatic N) is 3. The van der Waals surface area contributed by atoms with Crippen LogP contribution in [0.2, 0.25) is 0 Å². The average molecular weight is 254 g/mol. The van der Waals surface area contributed by atoms with Crippen LogP contribution in [0.4, 0.5) is 0 Å². The molecule has 0 fully saturated rings. The smallest absolute Gasteiger partial charge is 0.142 e. The van der Waals surface area contributed by atoms with Crippen LogP contribution < -0.4 is 5.43 Å². The van der Waals surface area contributed by atoms with Gasteiger partial charge in [0, 0.05) is 11.0 Å². The van der Waals surface area contributed by atoms with Crippen LogP contribution in [0.5, 0.6) is 0 Å². The second-order valence-corrected chi connectivity index (χ2v) is 8.12. The van der Waals surface area contributed by atoms with Gasteiger partial charge >= 0.3 is 0 Å². The number of hydrazine groups is 1. The Balaban J connectivity index is 3.08. The molecule has 1 rings (SSSR count). The molecule has 1 heterocycles. The lowest BCUT2D eigenvalue weighted by atomic mass is 9.95. The van der Waals surface area contributed by atoms with E-state index in [0.29, 0.717) is 0 Å². The van der Waals surface area contributed by atoms with Gasteiger partial charge in [-0.05, 0) is 41.5 Å². The van der Waals surface area contributed by atoms with Crippen LogP contribution in [0.25, 0.3) is 0 Å². The summed E-state index contributed by atoms with van der Waals surface area (Å²) in [6, 6.07) is 0. The van der Waals surface area contributed by atoms with E-state index in [4.69, 9.17) is 5.10 Å². The molecular weight excluding hydrogens is 224 g/mol. The quantitative estimate of drug-likeness (QED) is 0.721. The first-order valence-electron chi connectivity index (χ1n) is 6.73. The van der Waals surface area contributed by atoms with E-state index in [1.165, 1.54) is 0 Å². The van der Waals surface area contributed by atoms with Crippen LogP contribution in [0.1, 0.15) is 62.3 Å². The highest BCUT2D eigenvalue weighted by Gasteiger charge is 2.35. The zero-order valence-electron chi connectivity index (χ0n) is 13.5. The SMILES string of the molecule is CC(C)(C)C1=NN(C(C)(C)C)CN(C(C)(C)C)N1. The monoisotopic (exact) mass is 254 g/mol. The van der Waals surface area contributed by atoms with E-state index in [1.54, 1.807) is 0 Å². The van der Waals surface area contributed by atoms with Crippen molar-refractivity contribution in [3.63, 3.8) is 0 Å². The fourth-order valence-corrected chi connectivity index (χ4v) is 1.53. The zero-order valence-corrected chi connectivity index (χ0v) is 13.5. The van der Waals surface area contributed by atoms with Gasteiger partial charge < -0.3 is 5.43 Å². The van der Waals surface area contributed by atoms with Crippen molar-refractivity contribution in [2.45, 2.75) is 73.4 Å². The Bertz CT molecular complexity index is 325. The van der Waals surface area contributed by atoms with E-state index in [9.17, 15) is 0 Å². The van der Waals surface area contributed by atoms with Crippen LogP contribution in [-0.4, -0.2) is 33.6 Å². The number of hydrogen-bond donors (Lipinski definition) is 1. The normalized spacial score (nSPS) is 19.6. The van der Waals surface area contributed by atoms with Gasteiger partial charge in [-0.2, -0.15) is 10.1 Å². The third-order valence-corrected chi connectivity index (χ3v) is 3.03. The summed E-state index contributed by atoms with van der Waals surface area (Å²) in [6.07, 6.45) is 0. The molecule has 0 bridgehead atoms. The van der Waals surface area contributed by atoms with Crippen LogP contribution in [-0.2, 0) is 0 Å². The van der Waals surface area contributed by atoms with Gasteiger partial charge in [0.2, 0.25) is 0 Å². The summed E-state index contributed by atoms with van der Waals surface area (Å²) in [5, 5.41) is 9.20. The van der Waals surface area contributed by atoms with Crippen molar-refractivity contribution in [1.82, 2.24) is 15.4 Å². The first-order chi connectivity index (χ1) is 7.82. The topological polar surface area (TPSA) is 30.9 Å². The van der Waals surface area contributed by atoms with E-state index in [0.717, 1.165) is 12.5 Å². The third-order valence-electron chi connectivity index (χ3n) is 3.03. The summed E-state index contributed by atoms with van der Waals surface area (Å²) >= 11 is 0. The van der Waals surface area contributed by atoms with Gasteiger partial charge in [0.05, 0.1) is 5.54 Å². The molecule has 4 nitrogen and oxygen atoms in total. The Kier molecular flexibility index (Phi) is 3.74. The standard InChI is InChI=1S/C14H30N4/c1-12(2,3)11-15-17(13(4,5)6)10-18(16-11)14(7,8)9/h10H2,1-9H3,(H,15,16). The number of hydrogen-bond acceptors (Lipinski definition) is 4. The Hall–Kier alpha value is -0.770. The van der Waals surface area contributed by atoms with Crippen molar-refractivity contribution < 1.29 is 0 Å². The molecule has 0 aromatic heterocycles. The van der Waals surface area contributed by atoms with Gasteiger partial charge in [-0.25, -0.2) is 0 Å². The van der Waals surface area contributed by atoms with Gasteiger partial charge in [-0.15, -0.1) is 0 Å². The van der Waals surface area contributed by atoms with Crippen LogP contribution in [0, 0.1) is 5.41 Å². The molecule has 4 heteroatoms. The van der Waals surface area contributed by atoms with E-state index < -0.39 is 0 Å². The molecule has 0 radical (unpaired) electrons. The molecular formula is C14H30N4. The summed E-state index contributed by atoms with van der Waals surface area (Å²) < 4.78 is 0. The Morgan fingerprint density at radius 2 is 1.39 bits per heavy atom. The first-order valence-corrected chi connectivity index (χ1v) is 6.73. The number of hydrazone groups is 1. The number of amidine groups is 1. The fourth-order valence-electron chi connectivity index (χ4n) is 1.53. The minimum atomic E-state index is 0.0212. The van der Waals surface area contributed by atoms with Crippen molar-refractivity contribution >= 4 is 5.84 Å². The lowest BCUT2D eigenvalue weighted by Crippen LogP contribution is -2.64. The highest BCUT2D eigenvalue weighted by atomic mass is 15.7. The largest absolute Gasteiger partial charge is 0.302 e. The molecule has 0 amide bonds. The lowest BCUT2D eigenvalue weighted by Gasteiger charge is -2.48. The molecule has 0 atom stereocenters. The third kappa shape index (κ3) is 3.61. The molecule has 0 unspecified atom stereocenters. The van der Waals surface area contributed by atoms with Crippen LogP contribution in [0.3, 0.4) is 0 Å². The molecule has 1 aliphatic rings. The van der Waals surface area contributed by atoms with E-state index in [2.05, 4.69) is 77.8 Å². The predicted octanol–water partition coefficient (Wildman–Crippen LogP) is 3.02. The molecule has 0 aromatic carbocycles. The molecule has 0 aromatic rings. The summed E-state index contributed by atoms with van der Waals surface area (Å²) in [5.74, 6) is 1.03. The maximum atomic E-state index is 4.79. The summed E-state index contributed by atoms with van der Waals surface area (Å²) in [7, 11) is 0. The van der Waals surface area contributed by atoms with E-state index in [-0.39, 0.29) is 16.5 Å². The van der Waals surface area contributed by atoms with Gasteiger partial charge in [0.1, 0.15) is 12.5 Å². The second kappa shape index (κ2) is 4.41. The molecule has 0 saturated heterocycles. The molecule has 18 heavy (non-hydrogen) atoms. The summed E-state index contributed by atoms with van der Waals surface area (Å²) in [6.45, 7) is 20.6. The van der Waals surface area contributed by atoms with Crippen molar-refractivity contribution in [2.24, 2.45) is 10.5 Å². The molecule has 1 N–H and O–H groups in total. The number of nitrogens with one attached hydrogen (secondary N) is 1. The van der Waals surface area contributed by atoms with Crippen molar-refractivity contribution in [2.75, 3.05) is 6.67 Å². The Morgan fingerprint density at radius 3 is 1.72 bits per heavy atom. The minimum Gasteiger partial charge on any atom is -0.302 e. The van der Waals surface area contributed by atoms with Crippen molar-refractivity contribution in [3.8, 4) is 0 Å². The van der Waals surface area contributed by atoms with Gasteiger partial charge in [0.15, 0.2) is 0 Å². The highest BCUT2D eigenvalue weighted by Crippen LogP contribution is 2.25. The van der Waals surface area contributed by atoms with E-state index in [1.807, 2.05) is 0 Å². The molecule has 1 aliphatic heterocycles. The Labute approximate surface area is 112 Å². The summed E-state index contributed by atoms with van der Waals surface area (Å²) in [4.78, 5) is 0. The highest BCUT2D eigenvalue weighted by molar-refractivity contribution is 5.86. The van der Waals surface area contributed by atoms with Crippen molar-refractivity contribution in [3.05, 3.63) is 0 Å². The zero-order chi connectivity index (χ0) is 14.4. The van der Waals surface area contributed by atoms with Crippen LogP contribution >= 0.6 is 0 Å². The molecule has 0 saturated carbocycles. The van der Waals surface area contributed by atoms with Gasteiger partial charge in [-0.1, -0.05) is 20.8 Å². The maximum Gasteiger partial charge on any atom is 0.142 e. The fraction of sp³-hybridized carbons (Fsp3) is 0.929. The predicted molar refractivity (Wildman–Crippen MR) is 78.1 cm³/mol. The molecule has 0 aliphatic carbocycles. The second-order valence-electron chi connectivity index (χ2n) is 8.12. The molecule has 106 valence electrons. The number of rotatable bonds is 0. The molecule has 0 spiro atoms. The maximum absolute atomic E-state index is 4.79.